The Morgan fingerprint density at radius 3 is 2.80 bits per heavy atom. The highest BCUT2D eigenvalue weighted by Gasteiger charge is 2.18. The zero-order chi connectivity index (χ0) is 14.7. The molecule has 1 aromatic heterocycles. The molecule has 0 radical (unpaired) electrons. The second kappa shape index (κ2) is 6.00. The second-order valence-corrected chi connectivity index (χ2v) is 4.51. The molecule has 2 unspecified atom stereocenters. The first kappa shape index (κ1) is 14.4. The lowest BCUT2D eigenvalue weighted by Crippen LogP contribution is -2.23. The van der Waals surface area contributed by atoms with Gasteiger partial charge in [0.05, 0.1) is 17.0 Å². The molecule has 0 aliphatic heterocycles. The van der Waals surface area contributed by atoms with Gasteiger partial charge in [0, 0.05) is 0 Å². The number of hydrogen-bond donors (Lipinski definition) is 4. The van der Waals surface area contributed by atoms with Gasteiger partial charge >= 0.3 is 11.4 Å². The first-order valence-electron chi connectivity index (χ1n) is 6.20. The maximum atomic E-state index is 11.6. The summed E-state index contributed by atoms with van der Waals surface area (Å²) in [5.41, 5.74) is -0.0603. The van der Waals surface area contributed by atoms with Crippen LogP contribution in [0.15, 0.2) is 32.2 Å². The quantitative estimate of drug-likeness (QED) is 0.586. The molecular weight excluding hydrogens is 264 g/mol. The third kappa shape index (κ3) is 2.96. The van der Waals surface area contributed by atoms with Crippen LogP contribution in [0.4, 0.5) is 0 Å². The Hall–Kier alpha value is -1.96. The summed E-state index contributed by atoms with van der Waals surface area (Å²) in [6.07, 6.45) is -1.69. The molecule has 0 spiro atoms. The summed E-state index contributed by atoms with van der Waals surface area (Å²) in [5.74, 6) is -0.829. The number of hydrogen-bond acceptors (Lipinski definition) is 6. The Kier molecular flexibility index (Phi) is 4.33. The zero-order valence-electron chi connectivity index (χ0n) is 10.9. The molecule has 0 amide bonds. The Labute approximate surface area is 113 Å². The van der Waals surface area contributed by atoms with Gasteiger partial charge in [-0.25, -0.2) is 9.59 Å². The van der Waals surface area contributed by atoms with Crippen LogP contribution in [0.5, 0.6) is 0 Å². The number of aliphatic hydroxyl groups excluding tert-OH is 2. The molecule has 4 N–H and O–H groups in total. The fraction of sp³-hybridized carbons (Fsp3) is 0.385. The van der Waals surface area contributed by atoms with Gasteiger partial charge in [-0.1, -0.05) is 6.07 Å². The molecule has 1 heterocycles. The lowest BCUT2D eigenvalue weighted by Gasteiger charge is -2.18. The van der Waals surface area contributed by atoms with Gasteiger partial charge in [0.15, 0.2) is 0 Å². The summed E-state index contributed by atoms with van der Waals surface area (Å²) >= 11 is 0. The fourth-order valence-electron chi connectivity index (χ4n) is 1.97. The molecule has 1 aromatic carbocycles. The van der Waals surface area contributed by atoms with Crippen molar-refractivity contribution in [1.82, 2.24) is 10.3 Å². The van der Waals surface area contributed by atoms with E-state index < -0.39 is 23.6 Å². The van der Waals surface area contributed by atoms with Crippen LogP contribution in [0.2, 0.25) is 0 Å². The molecule has 0 aliphatic rings. The third-order valence-electron chi connectivity index (χ3n) is 3.08. The predicted octanol–water partition coefficient (Wildman–Crippen LogP) is -0.515. The number of aliphatic hydroxyl groups is 2. The highest BCUT2D eigenvalue weighted by Crippen LogP contribution is 2.21. The van der Waals surface area contributed by atoms with E-state index in [9.17, 15) is 19.8 Å². The molecule has 7 heteroatoms. The van der Waals surface area contributed by atoms with E-state index in [-0.39, 0.29) is 5.39 Å². The van der Waals surface area contributed by atoms with Crippen molar-refractivity contribution in [2.75, 3.05) is 13.6 Å². The van der Waals surface area contributed by atoms with Gasteiger partial charge in [-0.3, -0.25) is 4.98 Å². The van der Waals surface area contributed by atoms with Crippen LogP contribution in [-0.4, -0.2) is 34.9 Å². The average Bonchev–Trinajstić information content (AvgIpc) is 2.43. The van der Waals surface area contributed by atoms with Crippen LogP contribution in [0.3, 0.4) is 0 Å². The number of aromatic amines is 1. The van der Waals surface area contributed by atoms with E-state index in [0.717, 1.165) is 0 Å². The van der Waals surface area contributed by atoms with Crippen molar-refractivity contribution in [3.8, 4) is 0 Å². The summed E-state index contributed by atoms with van der Waals surface area (Å²) in [7, 11) is 1.75. The number of H-pyrrole nitrogens is 1. The summed E-state index contributed by atoms with van der Waals surface area (Å²) in [6.45, 7) is 0.557. The summed E-state index contributed by atoms with van der Waals surface area (Å²) in [5, 5.41) is 22.9. The minimum Gasteiger partial charge on any atom is -0.390 e. The number of nitrogens with one attached hydrogen (secondary N) is 2. The Balaban J connectivity index is 2.36. The smallest absolute Gasteiger partial charge is 0.390 e. The molecule has 0 fully saturated rings. The van der Waals surface area contributed by atoms with Crippen molar-refractivity contribution in [2.45, 2.75) is 18.6 Å². The monoisotopic (exact) mass is 280 g/mol. The second-order valence-electron chi connectivity index (χ2n) is 4.51. The number of aromatic nitrogens is 1. The zero-order valence-corrected chi connectivity index (χ0v) is 10.9. The SMILES string of the molecule is CNCCC(O)C(O)c1ccc2[nH]c(=O)oc(=O)c2c1. The van der Waals surface area contributed by atoms with Crippen LogP contribution in [0.25, 0.3) is 10.9 Å². The standard InChI is InChI=1S/C13H16N2O5/c1-14-5-4-10(16)11(17)7-2-3-9-8(6-7)12(18)20-13(19)15-9/h2-3,6,10-11,14,16-17H,4-5H2,1H3,(H,15,19). The van der Waals surface area contributed by atoms with Crippen molar-refractivity contribution >= 4 is 10.9 Å². The van der Waals surface area contributed by atoms with Gasteiger partial charge in [-0.15, -0.1) is 0 Å². The molecule has 108 valence electrons. The first-order valence-corrected chi connectivity index (χ1v) is 6.20. The van der Waals surface area contributed by atoms with Crippen molar-refractivity contribution in [1.29, 1.82) is 0 Å². The van der Waals surface area contributed by atoms with E-state index >= 15 is 0 Å². The van der Waals surface area contributed by atoms with E-state index in [0.29, 0.717) is 24.0 Å². The largest absolute Gasteiger partial charge is 0.419 e. The summed E-state index contributed by atoms with van der Waals surface area (Å²) in [4.78, 5) is 25.0. The number of benzene rings is 1. The van der Waals surface area contributed by atoms with Gasteiger partial charge in [-0.05, 0) is 37.7 Å². The minimum atomic E-state index is -1.11. The molecule has 0 bridgehead atoms. The van der Waals surface area contributed by atoms with Crippen molar-refractivity contribution in [3.63, 3.8) is 0 Å². The lowest BCUT2D eigenvalue weighted by molar-refractivity contribution is 0.0141. The minimum absolute atomic E-state index is 0.155. The van der Waals surface area contributed by atoms with Crippen LogP contribution < -0.4 is 16.7 Å². The number of rotatable bonds is 5. The summed E-state index contributed by atoms with van der Waals surface area (Å²) in [6, 6.07) is 4.45. The van der Waals surface area contributed by atoms with E-state index in [4.69, 9.17) is 0 Å². The molecule has 0 aliphatic carbocycles. The highest BCUT2D eigenvalue weighted by molar-refractivity contribution is 5.77. The Bertz CT molecular complexity index is 706. The molecule has 0 saturated carbocycles. The third-order valence-corrected chi connectivity index (χ3v) is 3.08. The van der Waals surface area contributed by atoms with Crippen molar-refractivity contribution < 1.29 is 14.6 Å². The molecule has 7 nitrogen and oxygen atoms in total. The van der Waals surface area contributed by atoms with Gasteiger partial charge in [0.1, 0.15) is 6.10 Å². The van der Waals surface area contributed by atoms with Crippen LogP contribution >= 0.6 is 0 Å². The maximum absolute atomic E-state index is 11.6. The molecule has 0 saturated heterocycles. The average molecular weight is 280 g/mol. The maximum Gasteiger partial charge on any atom is 0.419 e. The van der Waals surface area contributed by atoms with Gasteiger partial charge < -0.3 is 19.9 Å². The topological polar surface area (TPSA) is 116 Å². The fourth-order valence-corrected chi connectivity index (χ4v) is 1.97. The van der Waals surface area contributed by atoms with Crippen LogP contribution in [-0.2, 0) is 0 Å². The van der Waals surface area contributed by atoms with E-state index in [1.165, 1.54) is 12.1 Å². The Morgan fingerprint density at radius 2 is 2.10 bits per heavy atom. The van der Waals surface area contributed by atoms with Gasteiger partial charge in [-0.2, -0.15) is 0 Å². The molecule has 20 heavy (non-hydrogen) atoms. The Morgan fingerprint density at radius 1 is 1.35 bits per heavy atom. The van der Waals surface area contributed by atoms with E-state index in [2.05, 4.69) is 14.7 Å². The van der Waals surface area contributed by atoms with Crippen LogP contribution in [0.1, 0.15) is 18.1 Å². The molecule has 2 aromatic rings. The van der Waals surface area contributed by atoms with Crippen LogP contribution in [0, 0.1) is 0 Å². The highest BCUT2D eigenvalue weighted by atomic mass is 16.4. The van der Waals surface area contributed by atoms with E-state index in [1.807, 2.05) is 0 Å². The van der Waals surface area contributed by atoms with E-state index in [1.54, 1.807) is 13.1 Å². The van der Waals surface area contributed by atoms with Gasteiger partial charge in [0.25, 0.3) is 0 Å². The molecular formula is C13H16N2O5. The normalized spacial score (nSPS) is 14.3. The number of fused-ring (bicyclic) bond motifs is 1. The van der Waals surface area contributed by atoms with Gasteiger partial charge in [0.2, 0.25) is 0 Å². The first-order chi connectivity index (χ1) is 9.52. The summed E-state index contributed by atoms with van der Waals surface area (Å²) < 4.78 is 4.43. The molecule has 2 rings (SSSR count). The van der Waals surface area contributed by atoms with Crippen molar-refractivity contribution in [2.24, 2.45) is 0 Å². The molecule has 2 atom stereocenters. The lowest BCUT2D eigenvalue weighted by atomic mass is 10.0. The predicted molar refractivity (Wildman–Crippen MR) is 72.6 cm³/mol. The van der Waals surface area contributed by atoms with Crippen molar-refractivity contribution in [3.05, 3.63) is 44.7 Å².